The normalized spacial score (nSPS) is 9.82. The van der Waals surface area contributed by atoms with Gasteiger partial charge in [-0.1, -0.05) is 12.1 Å². The van der Waals surface area contributed by atoms with E-state index < -0.39 is 0 Å². The van der Waals surface area contributed by atoms with Crippen LogP contribution in [-0.2, 0) is 0 Å². The van der Waals surface area contributed by atoms with Crippen molar-refractivity contribution in [2.45, 2.75) is 4.90 Å². The third-order valence-electron chi connectivity index (χ3n) is 1.24. The fraction of sp³-hybridized carbons (Fsp3) is 0. The van der Waals surface area contributed by atoms with Gasteiger partial charge in [0, 0.05) is 11.0 Å². The van der Waals surface area contributed by atoms with Gasteiger partial charge < -0.3 is 0 Å². The zero-order valence-corrected chi connectivity index (χ0v) is 6.75. The monoisotopic (exact) mass is 161 g/mol. The summed E-state index contributed by atoms with van der Waals surface area (Å²) in [5.41, 5.74) is 1.02. The predicted molar refractivity (Wildman–Crippen MR) is 48.3 cm³/mol. The molecule has 54 valence electrons. The molecule has 0 N–H and O–H groups in total. The van der Waals surface area contributed by atoms with Crippen molar-refractivity contribution in [3.8, 4) is 6.07 Å². The molecule has 0 unspecified atom stereocenters. The Hall–Kier alpha value is -1.20. The first-order chi connectivity index (χ1) is 5.33. The Kier molecular flexibility index (Phi) is 2.76. The highest BCUT2D eigenvalue weighted by Crippen LogP contribution is 2.08. The maximum atomic E-state index is 8.23. The van der Waals surface area contributed by atoms with Gasteiger partial charge in [-0.05, 0) is 23.8 Å². The van der Waals surface area contributed by atoms with E-state index in [0.29, 0.717) is 0 Å². The minimum Gasteiger partial charge on any atom is -0.193 e. The zero-order chi connectivity index (χ0) is 8.10. The van der Waals surface area contributed by atoms with E-state index in [1.165, 1.54) is 6.08 Å². The summed E-state index contributed by atoms with van der Waals surface area (Å²) in [6.45, 7) is 0. The van der Waals surface area contributed by atoms with Crippen molar-refractivity contribution < 1.29 is 0 Å². The van der Waals surface area contributed by atoms with E-state index in [2.05, 4.69) is 12.6 Å². The quantitative estimate of drug-likeness (QED) is 0.496. The van der Waals surface area contributed by atoms with E-state index in [-0.39, 0.29) is 0 Å². The van der Waals surface area contributed by atoms with Crippen LogP contribution in [0, 0.1) is 11.3 Å². The smallest absolute Gasteiger partial charge is 0.0912 e. The van der Waals surface area contributed by atoms with E-state index in [1.807, 2.05) is 30.3 Å². The molecule has 2 heteroatoms. The number of allylic oxidation sites excluding steroid dienone is 1. The van der Waals surface area contributed by atoms with Crippen LogP contribution in [0.4, 0.5) is 0 Å². The zero-order valence-electron chi connectivity index (χ0n) is 5.86. The number of thiol groups is 1. The fourth-order valence-electron chi connectivity index (χ4n) is 0.719. The van der Waals surface area contributed by atoms with Gasteiger partial charge in [0.25, 0.3) is 0 Å². The Balaban J connectivity index is 2.84. The van der Waals surface area contributed by atoms with Crippen molar-refractivity contribution in [1.82, 2.24) is 0 Å². The van der Waals surface area contributed by atoms with Gasteiger partial charge in [0.2, 0.25) is 0 Å². The third-order valence-corrected chi connectivity index (χ3v) is 1.54. The lowest BCUT2D eigenvalue weighted by atomic mass is 10.2. The van der Waals surface area contributed by atoms with Crippen LogP contribution in [0.3, 0.4) is 0 Å². The summed E-state index contributed by atoms with van der Waals surface area (Å²) in [6, 6.07) is 9.53. The molecule has 0 aliphatic carbocycles. The molecule has 0 atom stereocenters. The summed E-state index contributed by atoms with van der Waals surface area (Å²) in [4.78, 5) is 0.930. The van der Waals surface area contributed by atoms with E-state index in [1.54, 1.807) is 6.08 Å². The highest BCUT2D eigenvalue weighted by molar-refractivity contribution is 7.80. The topological polar surface area (TPSA) is 23.8 Å². The van der Waals surface area contributed by atoms with Crippen LogP contribution in [-0.4, -0.2) is 0 Å². The number of rotatable bonds is 1. The summed E-state index contributed by atoms with van der Waals surface area (Å²) in [7, 11) is 0. The van der Waals surface area contributed by atoms with E-state index in [9.17, 15) is 0 Å². The maximum absolute atomic E-state index is 8.23. The van der Waals surface area contributed by atoms with Crippen molar-refractivity contribution >= 4 is 18.7 Å². The molecule has 0 aliphatic rings. The molecule has 0 saturated carbocycles. The average Bonchev–Trinajstić information content (AvgIpc) is 2.04. The number of hydrogen-bond donors (Lipinski definition) is 1. The lowest BCUT2D eigenvalue weighted by Gasteiger charge is -1.91. The molecule has 0 amide bonds. The van der Waals surface area contributed by atoms with Crippen LogP contribution in [0.15, 0.2) is 35.2 Å². The highest BCUT2D eigenvalue weighted by Gasteiger charge is 1.84. The number of nitriles is 1. The first-order valence-electron chi connectivity index (χ1n) is 3.18. The van der Waals surface area contributed by atoms with Gasteiger partial charge in [0.15, 0.2) is 0 Å². The summed E-state index contributed by atoms with van der Waals surface area (Å²) >= 11 is 4.13. The van der Waals surface area contributed by atoms with Crippen molar-refractivity contribution in [2.75, 3.05) is 0 Å². The SMILES string of the molecule is N#CC=Cc1ccc(S)cc1. The van der Waals surface area contributed by atoms with Gasteiger partial charge in [0.1, 0.15) is 0 Å². The molecule has 0 fully saturated rings. The molecule has 0 saturated heterocycles. The molecular weight excluding hydrogens is 154 g/mol. The van der Waals surface area contributed by atoms with Crippen molar-refractivity contribution in [3.63, 3.8) is 0 Å². The standard InChI is InChI=1S/C9H7NS/c10-7-1-2-8-3-5-9(11)6-4-8/h1-6,11H. The minimum atomic E-state index is 0.930. The molecule has 1 rings (SSSR count). The number of hydrogen-bond acceptors (Lipinski definition) is 2. The molecule has 0 bridgehead atoms. The lowest BCUT2D eigenvalue weighted by Crippen LogP contribution is -1.69. The molecule has 11 heavy (non-hydrogen) atoms. The van der Waals surface area contributed by atoms with Gasteiger partial charge in [-0.15, -0.1) is 12.6 Å². The van der Waals surface area contributed by atoms with Gasteiger partial charge in [-0.2, -0.15) is 5.26 Å². The fourth-order valence-corrected chi connectivity index (χ4v) is 0.868. The highest BCUT2D eigenvalue weighted by atomic mass is 32.1. The van der Waals surface area contributed by atoms with Gasteiger partial charge >= 0.3 is 0 Å². The summed E-state index contributed by atoms with van der Waals surface area (Å²) in [5, 5.41) is 8.23. The van der Waals surface area contributed by atoms with E-state index in [0.717, 1.165) is 10.5 Å². The van der Waals surface area contributed by atoms with Gasteiger partial charge in [-0.3, -0.25) is 0 Å². The molecule has 0 aromatic heterocycles. The first kappa shape index (κ1) is 7.90. The minimum absolute atomic E-state index is 0.930. The molecule has 0 spiro atoms. The Morgan fingerprint density at radius 2 is 1.91 bits per heavy atom. The second kappa shape index (κ2) is 3.85. The second-order valence-corrected chi connectivity index (χ2v) is 2.57. The molecular formula is C9H7NS. The summed E-state index contributed by atoms with van der Waals surface area (Å²) < 4.78 is 0. The van der Waals surface area contributed by atoms with Crippen LogP contribution in [0.2, 0.25) is 0 Å². The second-order valence-electron chi connectivity index (χ2n) is 2.05. The molecule has 0 radical (unpaired) electrons. The molecule has 1 aromatic rings. The van der Waals surface area contributed by atoms with Gasteiger partial charge in [-0.25, -0.2) is 0 Å². The Morgan fingerprint density at radius 1 is 1.27 bits per heavy atom. The van der Waals surface area contributed by atoms with E-state index in [4.69, 9.17) is 5.26 Å². The van der Waals surface area contributed by atoms with Crippen molar-refractivity contribution in [2.24, 2.45) is 0 Å². The molecule has 1 aromatic carbocycles. The maximum Gasteiger partial charge on any atom is 0.0912 e. The van der Waals surface area contributed by atoms with Crippen LogP contribution >= 0.6 is 12.6 Å². The Morgan fingerprint density at radius 3 is 2.45 bits per heavy atom. The largest absolute Gasteiger partial charge is 0.193 e. The number of nitrogens with zero attached hydrogens (tertiary/aromatic N) is 1. The van der Waals surface area contributed by atoms with Crippen LogP contribution in [0.25, 0.3) is 6.08 Å². The van der Waals surface area contributed by atoms with Crippen LogP contribution < -0.4 is 0 Å². The lowest BCUT2D eigenvalue weighted by molar-refractivity contribution is 1.46. The Bertz CT molecular complexity index is 292. The van der Waals surface area contributed by atoms with Crippen molar-refractivity contribution in [1.29, 1.82) is 5.26 Å². The molecule has 1 nitrogen and oxygen atoms in total. The Labute approximate surface area is 71.4 Å². The summed E-state index contributed by atoms with van der Waals surface area (Å²) in [6.07, 6.45) is 3.21. The molecule has 0 heterocycles. The molecule has 0 aliphatic heterocycles. The average molecular weight is 161 g/mol. The first-order valence-corrected chi connectivity index (χ1v) is 3.63. The van der Waals surface area contributed by atoms with E-state index >= 15 is 0 Å². The third kappa shape index (κ3) is 2.48. The number of benzene rings is 1. The predicted octanol–water partition coefficient (Wildman–Crippen LogP) is 2.51. The van der Waals surface area contributed by atoms with Crippen molar-refractivity contribution in [3.05, 3.63) is 35.9 Å². The summed E-state index contributed by atoms with van der Waals surface area (Å²) in [5.74, 6) is 0. The van der Waals surface area contributed by atoms with Crippen LogP contribution in [0.1, 0.15) is 5.56 Å². The van der Waals surface area contributed by atoms with Crippen LogP contribution in [0.5, 0.6) is 0 Å². The van der Waals surface area contributed by atoms with Gasteiger partial charge in [0.05, 0.1) is 6.07 Å².